The normalized spacial score (nSPS) is 14.9. The molecule has 0 saturated heterocycles. The van der Waals surface area contributed by atoms with Gasteiger partial charge in [-0.1, -0.05) is 12.1 Å². The molecule has 0 aromatic heterocycles. The SMILES string of the molecule is O=[N+]([O-])c1ccc2c(c1)S(=O)(=O)c1ccccc1N2. The number of sulfone groups is 1. The van der Waals surface area contributed by atoms with E-state index >= 15 is 0 Å². The number of fused-ring (bicyclic) bond motifs is 2. The standard InChI is InChI=1S/C12H8N2O4S/c15-14(16)8-5-6-10-12(7-8)19(17,18)11-4-2-1-3-9(11)13-10/h1-7,13H. The molecule has 0 spiro atoms. The number of nitro benzene ring substituents is 1. The lowest BCUT2D eigenvalue weighted by atomic mass is 10.2. The smallest absolute Gasteiger partial charge is 0.270 e. The number of hydrogen-bond acceptors (Lipinski definition) is 5. The van der Waals surface area contributed by atoms with Gasteiger partial charge in [-0.25, -0.2) is 8.42 Å². The molecule has 0 fully saturated rings. The highest BCUT2D eigenvalue weighted by atomic mass is 32.2. The van der Waals surface area contributed by atoms with Crippen LogP contribution in [-0.2, 0) is 9.84 Å². The fraction of sp³-hybridized carbons (Fsp3) is 0. The number of hydrogen-bond donors (Lipinski definition) is 1. The third-order valence-electron chi connectivity index (χ3n) is 2.91. The topological polar surface area (TPSA) is 89.3 Å². The summed E-state index contributed by atoms with van der Waals surface area (Å²) < 4.78 is 24.8. The lowest BCUT2D eigenvalue weighted by Gasteiger charge is -2.20. The van der Waals surface area contributed by atoms with E-state index in [0.29, 0.717) is 11.4 Å². The highest BCUT2D eigenvalue weighted by Crippen LogP contribution is 2.40. The Morgan fingerprint density at radius 3 is 2.42 bits per heavy atom. The van der Waals surface area contributed by atoms with E-state index in [9.17, 15) is 18.5 Å². The first-order valence-electron chi connectivity index (χ1n) is 5.40. The van der Waals surface area contributed by atoms with Gasteiger partial charge in [0.2, 0.25) is 9.84 Å². The van der Waals surface area contributed by atoms with Gasteiger partial charge in [0.1, 0.15) is 4.90 Å². The molecule has 0 amide bonds. The summed E-state index contributed by atoms with van der Waals surface area (Å²) in [6.45, 7) is 0. The van der Waals surface area contributed by atoms with Crippen molar-refractivity contribution in [3.05, 3.63) is 52.6 Å². The minimum Gasteiger partial charge on any atom is -0.353 e. The maximum atomic E-state index is 12.4. The third-order valence-corrected chi connectivity index (χ3v) is 4.76. The monoisotopic (exact) mass is 276 g/mol. The Morgan fingerprint density at radius 1 is 1.00 bits per heavy atom. The number of benzene rings is 2. The fourth-order valence-electron chi connectivity index (χ4n) is 2.02. The van der Waals surface area contributed by atoms with E-state index in [0.717, 1.165) is 6.07 Å². The van der Waals surface area contributed by atoms with Crippen molar-refractivity contribution >= 4 is 26.9 Å². The van der Waals surface area contributed by atoms with Crippen molar-refractivity contribution < 1.29 is 13.3 Å². The fourth-order valence-corrected chi connectivity index (χ4v) is 3.61. The van der Waals surface area contributed by atoms with Crippen LogP contribution in [0.15, 0.2) is 52.3 Å². The van der Waals surface area contributed by atoms with Crippen molar-refractivity contribution in [2.75, 3.05) is 5.32 Å². The van der Waals surface area contributed by atoms with Crippen molar-refractivity contribution in [1.29, 1.82) is 0 Å². The van der Waals surface area contributed by atoms with Gasteiger partial charge >= 0.3 is 0 Å². The Labute approximate surface area is 108 Å². The Balaban J connectivity index is 2.29. The largest absolute Gasteiger partial charge is 0.353 e. The van der Waals surface area contributed by atoms with E-state index < -0.39 is 14.8 Å². The zero-order valence-electron chi connectivity index (χ0n) is 9.53. The second kappa shape index (κ2) is 3.79. The number of nitrogens with zero attached hydrogens (tertiary/aromatic N) is 1. The summed E-state index contributed by atoms with van der Waals surface area (Å²) in [6.07, 6.45) is 0. The summed E-state index contributed by atoms with van der Waals surface area (Å²) in [7, 11) is -3.72. The van der Waals surface area contributed by atoms with Crippen LogP contribution in [0, 0.1) is 10.1 Å². The second-order valence-electron chi connectivity index (χ2n) is 4.06. The molecule has 3 rings (SSSR count). The van der Waals surface area contributed by atoms with E-state index in [1.54, 1.807) is 18.2 Å². The molecule has 0 aliphatic carbocycles. The van der Waals surface area contributed by atoms with E-state index in [1.165, 1.54) is 18.2 Å². The summed E-state index contributed by atoms with van der Waals surface area (Å²) in [5.74, 6) is 0. The van der Waals surface area contributed by atoms with Gasteiger partial charge in [-0.3, -0.25) is 10.1 Å². The average Bonchev–Trinajstić information content (AvgIpc) is 2.38. The summed E-state index contributed by atoms with van der Waals surface area (Å²) in [6, 6.07) is 10.2. The van der Waals surface area contributed by atoms with Gasteiger partial charge in [0.15, 0.2) is 0 Å². The van der Waals surface area contributed by atoms with Gasteiger partial charge in [-0.2, -0.15) is 0 Å². The predicted octanol–water partition coefficient (Wildman–Crippen LogP) is 2.48. The molecule has 7 heteroatoms. The van der Waals surface area contributed by atoms with Gasteiger partial charge in [-0.05, 0) is 18.2 Å². The highest BCUT2D eigenvalue weighted by molar-refractivity contribution is 7.92. The first kappa shape index (κ1) is 11.7. The van der Waals surface area contributed by atoms with Crippen molar-refractivity contribution in [1.82, 2.24) is 0 Å². The molecule has 0 bridgehead atoms. The molecule has 1 aliphatic heterocycles. The second-order valence-corrected chi connectivity index (χ2v) is 5.95. The molecule has 1 heterocycles. The summed E-state index contributed by atoms with van der Waals surface area (Å²) in [5, 5.41) is 13.7. The molecule has 1 aliphatic rings. The number of non-ortho nitro benzene ring substituents is 1. The number of rotatable bonds is 1. The average molecular weight is 276 g/mol. The van der Waals surface area contributed by atoms with Crippen molar-refractivity contribution in [2.24, 2.45) is 0 Å². The van der Waals surface area contributed by atoms with E-state index in [2.05, 4.69) is 5.32 Å². The number of nitro groups is 1. The van der Waals surface area contributed by atoms with Gasteiger partial charge in [0.05, 0.1) is 21.2 Å². The number of anilines is 2. The van der Waals surface area contributed by atoms with E-state index in [4.69, 9.17) is 0 Å². The number of nitrogens with one attached hydrogen (secondary N) is 1. The van der Waals surface area contributed by atoms with Crippen molar-refractivity contribution in [3.8, 4) is 0 Å². The van der Waals surface area contributed by atoms with Crippen LogP contribution in [0.5, 0.6) is 0 Å². The van der Waals surface area contributed by atoms with Crippen LogP contribution >= 0.6 is 0 Å². The molecule has 0 atom stereocenters. The van der Waals surface area contributed by atoms with Crippen LogP contribution in [-0.4, -0.2) is 13.3 Å². The zero-order valence-corrected chi connectivity index (χ0v) is 10.3. The van der Waals surface area contributed by atoms with Crippen LogP contribution in [0.2, 0.25) is 0 Å². The molecule has 0 unspecified atom stereocenters. The van der Waals surface area contributed by atoms with E-state index in [1.807, 2.05) is 0 Å². The van der Waals surface area contributed by atoms with Crippen LogP contribution < -0.4 is 5.32 Å². The number of para-hydroxylation sites is 1. The summed E-state index contributed by atoms with van der Waals surface area (Å²) >= 11 is 0. The van der Waals surface area contributed by atoms with Gasteiger partial charge < -0.3 is 5.32 Å². The minimum absolute atomic E-state index is 0.0691. The Kier molecular flexibility index (Phi) is 2.33. The van der Waals surface area contributed by atoms with Gasteiger partial charge in [-0.15, -0.1) is 0 Å². The maximum Gasteiger partial charge on any atom is 0.270 e. The molecular weight excluding hydrogens is 268 g/mol. The van der Waals surface area contributed by atoms with Crippen LogP contribution in [0.4, 0.5) is 17.1 Å². The van der Waals surface area contributed by atoms with E-state index in [-0.39, 0.29) is 15.5 Å². The maximum absolute atomic E-state index is 12.4. The molecule has 6 nitrogen and oxygen atoms in total. The third kappa shape index (κ3) is 1.66. The van der Waals surface area contributed by atoms with Crippen LogP contribution in [0.1, 0.15) is 0 Å². The molecule has 0 saturated carbocycles. The Morgan fingerprint density at radius 2 is 1.68 bits per heavy atom. The molecule has 2 aromatic carbocycles. The lowest BCUT2D eigenvalue weighted by Crippen LogP contribution is -2.13. The Bertz CT molecular complexity index is 799. The molecule has 96 valence electrons. The molecular formula is C12H8N2O4S. The van der Waals surface area contributed by atoms with Crippen LogP contribution in [0.3, 0.4) is 0 Å². The molecule has 0 radical (unpaired) electrons. The van der Waals surface area contributed by atoms with Crippen molar-refractivity contribution in [3.63, 3.8) is 0 Å². The van der Waals surface area contributed by atoms with Crippen LogP contribution in [0.25, 0.3) is 0 Å². The minimum atomic E-state index is -3.72. The van der Waals surface area contributed by atoms with Gasteiger partial charge in [0, 0.05) is 12.1 Å². The zero-order chi connectivity index (χ0) is 13.6. The highest BCUT2D eigenvalue weighted by Gasteiger charge is 2.30. The molecule has 19 heavy (non-hydrogen) atoms. The Hall–Kier alpha value is -2.41. The summed E-state index contributed by atoms with van der Waals surface area (Å²) in [4.78, 5) is 10.2. The predicted molar refractivity (Wildman–Crippen MR) is 68.3 cm³/mol. The quantitative estimate of drug-likeness (QED) is 0.544. The lowest BCUT2D eigenvalue weighted by molar-refractivity contribution is -0.385. The molecule has 1 N–H and O–H groups in total. The first-order chi connectivity index (χ1) is 9.00. The van der Waals surface area contributed by atoms with Crippen molar-refractivity contribution in [2.45, 2.75) is 9.79 Å². The van der Waals surface area contributed by atoms with Gasteiger partial charge in [0.25, 0.3) is 5.69 Å². The first-order valence-corrected chi connectivity index (χ1v) is 6.88. The summed E-state index contributed by atoms with van der Waals surface area (Å²) in [5.41, 5.74) is 0.580. The molecule has 2 aromatic rings.